The number of ether oxygens (including phenoxy) is 1. The molecular formula is C12H18ClFN2O2. The third kappa shape index (κ3) is 5.84. The minimum Gasteiger partial charge on any atom is -0.484 e. The van der Waals surface area contributed by atoms with Gasteiger partial charge in [0.05, 0.1) is 0 Å². The first-order valence-electron chi connectivity index (χ1n) is 5.40. The molecule has 0 aliphatic rings. The summed E-state index contributed by atoms with van der Waals surface area (Å²) in [7, 11) is 3.52. The van der Waals surface area contributed by atoms with E-state index in [-0.39, 0.29) is 30.7 Å². The van der Waals surface area contributed by atoms with Crippen molar-refractivity contribution in [3.05, 3.63) is 30.1 Å². The van der Waals surface area contributed by atoms with Crippen LogP contribution in [0.5, 0.6) is 5.75 Å². The van der Waals surface area contributed by atoms with Crippen LogP contribution >= 0.6 is 12.4 Å². The van der Waals surface area contributed by atoms with Crippen molar-refractivity contribution in [2.45, 2.75) is 0 Å². The highest BCUT2D eigenvalue weighted by atomic mass is 35.5. The molecule has 1 N–H and O–H groups in total. The van der Waals surface area contributed by atoms with Crippen LogP contribution in [0, 0.1) is 5.82 Å². The summed E-state index contributed by atoms with van der Waals surface area (Å²) in [6.45, 7) is 1.26. The number of halogens is 2. The fourth-order valence-electron chi connectivity index (χ4n) is 1.22. The summed E-state index contributed by atoms with van der Waals surface area (Å²) in [5.41, 5.74) is 0. The van der Waals surface area contributed by atoms with Gasteiger partial charge in [-0.05, 0) is 19.2 Å². The first kappa shape index (κ1) is 16.7. The molecule has 1 rings (SSSR count). The van der Waals surface area contributed by atoms with Gasteiger partial charge >= 0.3 is 0 Å². The van der Waals surface area contributed by atoms with E-state index in [2.05, 4.69) is 5.32 Å². The molecule has 1 aromatic rings. The van der Waals surface area contributed by atoms with E-state index >= 15 is 0 Å². The summed E-state index contributed by atoms with van der Waals surface area (Å²) in [5.74, 6) is -0.150. The number of likely N-dealkylation sites (N-methyl/N-ethyl adjacent to an activating group) is 2. The molecule has 0 aromatic heterocycles. The zero-order valence-corrected chi connectivity index (χ0v) is 11.3. The average Bonchev–Trinajstić information content (AvgIpc) is 2.33. The van der Waals surface area contributed by atoms with Crippen molar-refractivity contribution in [3.8, 4) is 5.75 Å². The lowest BCUT2D eigenvalue weighted by Crippen LogP contribution is -2.35. The van der Waals surface area contributed by atoms with Crippen LogP contribution in [0.4, 0.5) is 4.39 Å². The van der Waals surface area contributed by atoms with Gasteiger partial charge in [-0.25, -0.2) is 4.39 Å². The number of hydrogen-bond acceptors (Lipinski definition) is 3. The molecule has 0 heterocycles. The largest absolute Gasteiger partial charge is 0.484 e. The molecule has 0 saturated carbocycles. The second-order valence-electron chi connectivity index (χ2n) is 3.66. The Labute approximate surface area is 113 Å². The standard InChI is InChI=1S/C12H17FN2O2.ClH/c1-14-6-7-15(2)12(16)9-17-11-5-3-4-10(13)8-11;/h3-5,8,14H,6-7,9H2,1-2H3;1H. The second kappa shape index (κ2) is 8.72. The predicted molar refractivity (Wildman–Crippen MR) is 70.7 cm³/mol. The zero-order chi connectivity index (χ0) is 12.7. The number of hydrogen-bond donors (Lipinski definition) is 1. The lowest BCUT2D eigenvalue weighted by atomic mass is 10.3. The van der Waals surface area contributed by atoms with Gasteiger partial charge in [0, 0.05) is 26.2 Å². The highest BCUT2D eigenvalue weighted by Gasteiger charge is 2.08. The number of nitrogens with zero attached hydrogens (tertiary/aromatic N) is 1. The lowest BCUT2D eigenvalue weighted by Gasteiger charge is -2.17. The number of benzene rings is 1. The van der Waals surface area contributed by atoms with E-state index in [0.29, 0.717) is 12.3 Å². The summed E-state index contributed by atoms with van der Waals surface area (Å²) < 4.78 is 18.0. The molecule has 0 aliphatic carbocycles. The molecule has 0 spiro atoms. The maximum absolute atomic E-state index is 12.8. The van der Waals surface area contributed by atoms with E-state index in [0.717, 1.165) is 6.54 Å². The van der Waals surface area contributed by atoms with Crippen LogP contribution in [0.2, 0.25) is 0 Å². The fourth-order valence-corrected chi connectivity index (χ4v) is 1.22. The van der Waals surface area contributed by atoms with Crippen molar-refractivity contribution in [2.24, 2.45) is 0 Å². The van der Waals surface area contributed by atoms with Crippen LogP contribution in [0.3, 0.4) is 0 Å². The molecule has 4 nitrogen and oxygen atoms in total. The van der Waals surface area contributed by atoms with Gasteiger partial charge in [0.2, 0.25) is 0 Å². The van der Waals surface area contributed by atoms with Gasteiger partial charge < -0.3 is 15.0 Å². The number of carbonyl (C=O) groups is 1. The van der Waals surface area contributed by atoms with Crippen LogP contribution in [-0.2, 0) is 4.79 Å². The number of rotatable bonds is 6. The van der Waals surface area contributed by atoms with E-state index in [4.69, 9.17) is 4.74 Å². The smallest absolute Gasteiger partial charge is 0.260 e. The quantitative estimate of drug-likeness (QED) is 0.852. The Morgan fingerprint density at radius 1 is 1.50 bits per heavy atom. The van der Waals surface area contributed by atoms with Crippen LogP contribution in [-0.4, -0.2) is 44.6 Å². The van der Waals surface area contributed by atoms with Crippen LogP contribution < -0.4 is 10.1 Å². The Hall–Kier alpha value is -1.33. The third-order valence-corrected chi connectivity index (χ3v) is 2.28. The van der Waals surface area contributed by atoms with Gasteiger partial charge in [0.1, 0.15) is 11.6 Å². The topological polar surface area (TPSA) is 41.6 Å². The molecule has 0 unspecified atom stereocenters. The third-order valence-electron chi connectivity index (χ3n) is 2.28. The van der Waals surface area contributed by atoms with Crippen LogP contribution in [0.1, 0.15) is 0 Å². The normalized spacial score (nSPS) is 9.50. The SMILES string of the molecule is CNCCN(C)C(=O)COc1cccc(F)c1.Cl. The van der Waals surface area contributed by atoms with E-state index in [9.17, 15) is 9.18 Å². The molecular weight excluding hydrogens is 259 g/mol. The second-order valence-corrected chi connectivity index (χ2v) is 3.66. The molecule has 1 amide bonds. The van der Waals surface area contributed by atoms with E-state index in [1.807, 2.05) is 7.05 Å². The molecule has 0 saturated heterocycles. The number of nitrogens with one attached hydrogen (secondary N) is 1. The summed E-state index contributed by atoms with van der Waals surface area (Å²) in [6.07, 6.45) is 0. The number of amides is 1. The molecule has 1 aromatic carbocycles. The molecule has 0 radical (unpaired) electrons. The van der Waals surface area contributed by atoms with Crippen molar-refractivity contribution in [1.29, 1.82) is 0 Å². The Morgan fingerprint density at radius 3 is 2.83 bits per heavy atom. The van der Waals surface area contributed by atoms with Crippen molar-refractivity contribution >= 4 is 18.3 Å². The minimum absolute atomic E-state index is 0. The first-order valence-corrected chi connectivity index (χ1v) is 5.40. The summed E-state index contributed by atoms with van der Waals surface area (Å²) in [5, 5.41) is 2.95. The monoisotopic (exact) mass is 276 g/mol. The number of carbonyl (C=O) groups excluding carboxylic acids is 1. The van der Waals surface area contributed by atoms with Crippen molar-refractivity contribution < 1.29 is 13.9 Å². The zero-order valence-electron chi connectivity index (χ0n) is 10.5. The van der Waals surface area contributed by atoms with Crippen LogP contribution in [0.15, 0.2) is 24.3 Å². The Balaban J connectivity index is 0.00000289. The van der Waals surface area contributed by atoms with E-state index in [1.165, 1.54) is 12.1 Å². The van der Waals surface area contributed by atoms with Crippen molar-refractivity contribution in [2.75, 3.05) is 33.8 Å². The molecule has 0 bridgehead atoms. The Bertz CT molecular complexity index is 377. The van der Waals surface area contributed by atoms with Gasteiger partial charge in [0.25, 0.3) is 5.91 Å². The molecule has 0 atom stereocenters. The van der Waals surface area contributed by atoms with Gasteiger partial charge in [-0.15, -0.1) is 12.4 Å². The van der Waals surface area contributed by atoms with Gasteiger partial charge in [0.15, 0.2) is 6.61 Å². The minimum atomic E-state index is -0.376. The summed E-state index contributed by atoms with van der Waals surface area (Å²) in [4.78, 5) is 13.2. The molecule has 0 fully saturated rings. The average molecular weight is 277 g/mol. The van der Waals surface area contributed by atoms with Gasteiger partial charge in [-0.2, -0.15) is 0 Å². The highest BCUT2D eigenvalue weighted by Crippen LogP contribution is 2.11. The summed E-state index contributed by atoms with van der Waals surface area (Å²) >= 11 is 0. The summed E-state index contributed by atoms with van der Waals surface area (Å²) in [6, 6.07) is 5.73. The van der Waals surface area contributed by atoms with E-state index < -0.39 is 0 Å². The molecule has 0 aliphatic heterocycles. The fraction of sp³-hybridized carbons (Fsp3) is 0.417. The lowest BCUT2D eigenvalue weighted by molar-refractivity contribution is -0.132. The molecule has 6 heteroatoms. The highest BCUT2D eigenvalue weighted by molar-refractivity contribution is 5.85. The van der Waals surface area contributed by atoms with E-state index in [1.54, 1.807) is 24.1 Å². The molecule has 18 heavy (non-hydrogen) atoms. The predicted octanol–water partition coefficient (Wildman–Crippen LogP) is 1.30. The maximum atomic E-state index is 12.8. The first-order chi connectivity index (χ1) is 8.13. The van der Waals surface area contributed by atoms with Gasteiger partial charge in [-0.3, -0.25) is 4.79 Å². The molecule has 102 valence electrons. The maximum Gasteiger partial charge on any atom is 0.260 e. The Kier molecular flexibility index (Phi) is 8.07. The van der Waals surface area contributed by atoms with Crippen molar-refractivity contribution in [3.63, 3.8) is 0 Å². The van der Waals surface area contributed by atoms with Gasteiger partial charge in [-0.1, -0.05) is 6.07 Å². The van der Waals surface area contributed by atoms with Crippen molar-refractivity contribution in [1.82, 2.24) is 10.2 Å². The Morgan fingerprint density at radius 2 is 2.22 bits per heavy atom. The van der Waals surface area contributed by atoms with Crippen LogP contribution in [0.25, 0.3) is 0 Å².